The number of ether oxygens (including phenoxy) is 1. The topological polar surface area (TPSA) is 88.5 Å². The highest BCUT2D eigenvalue weighted by atomic mass is 32.1. The Balaban J connectivity index is 2.52. The molecule has 1 aromatic rings. The van der Waals surface area contributed by atoms with Gasteiger partial charge in [0, 0.05) is 6.20 Å². The van der Waals surface area contributed by atoms with Crippen LogP contribution in [0.5, 0.6) is 5.88 Å². The minimum Gasteiger partial charge on any atom is -0.480 e. The normalized spacial score (nSPS) is 9.40. The molecule has 0 aliphatic heterocycles. The quantitative estimate of drug-likeness (QED) is 0.657. The number of thiol groups is 1. The van der Waals surface area contributed by atoms with E-state index in [2.05, 4.69) is 17.6 Å². The molecule has 0 radical (unpaired) electrons. The molecule has 2 N–H and O–H groups in total. The van der Waals surface area contributed by atoms with Gasteiger partial charge in [-0.25, -0.2) is 9.78 Å². The van der Waals surface area contributed by atoms with Crippen molar-refractivity contribution in [1.82, 2.24) is 10.3 Å². The fourth-order valence-corrected chi connectivity index (χ4v) is 0.922. The van der Waals surface area contributed by atoms with Crippen molar-refractivity contribution in [1.29, 1.82) is 0 Å². The van der Waals surface area contributed by atoms with Gasteiger partial charge >= 0.3 is 12.1 Å². The predicted octanol–water partition coefficient (Wildman–Crippen LogP) is 0.543. The molecule has 0 spiro atoms. The van der Waals surface area contributed by atoms with E-state index in [1.54, 1.807) is 12.1 Å². The number of hydrogen-bond acceptors (Lipinski definition) is 5. The highest BCUT2D eigenvalue weighted by Crippen LogP contribution is 2.17. The van der Waals surface area contributed by atoms with Gasteiger partial charge in [-0.1, -0.05) is 0 Å². The van der Waals surface area contributed by atoms with E-state index in [4.69, 9.17) is 9.84 Å². The van der Waals surface area contributed by atoms with Gasteiger partial charge in [0.05, 0.1) is 4.90 Å². The van der Waals surface area contributed by atoms with Crippen molar-refractivity contribution in [3.8, 4) is 5.88 Å². The molecule has 7 heteroatoms. The van der Waals surface area contributed by atoms with Gasteiger partial charge < -0.3 is 15.2 Å². The van der Waals surface area contributed by atoms with Crippen LogP contribution in [-0.2, 0) is 4.79 Å². The van der Waals surface area contributed by atoms with Crippen molar-refractivity contribution >= 4 is 24.7 Å². The standard InChI is InChI=1S/C8H8N2O4S/c11-6(12)4-10-8(13)14-7-5(15)2-1-3-9-7/h1-3,15H,4H2,(H,10,13)(H,11,12). The summed E-state index contributed by atoms with van der Waals surface area (Å²) in [4.78, 5) is 25.3. The highest BCUT2D eigenvalue weighted by molar-refractivity contribution is 7.80. The third-order valence-corrected chi connectivity index (χ3v) is 1.66. The first-order chi connectivity index (χ1) is 7.09. The van der Waals surface area contributed by atoms with Crippen LogP contribution in [0.1, 0.15) is 0 Å². The predicted molar refractivity (Wildman–Crippen MR) is 53.2 cm³/mol. The Kier molecular flexibility index (Phi) is 3.92. The number of rotatable bonds is 3. The first-order valence-electron chi connectivity index (χ1n) is 3.91. The Hall–Kier alpha value is -1.76. The molecule has 0 saturated carbocycles. The SMILES string of the molecule is O=C(O)CNC(=O)Oc1ncccc1S. The molecule has 0 unspecified atom stereocenters. The zero-order valence-electron chi connectivity index (χ0n) is 7.51. The number of amides is 1. The lowest BCUT2D eigenvalue weighted by atomic mass is 10.5. The van der Waals surface area contributed by atoms with Crippen LogP contribution in [0, 0.1) is 0 Å². The Morgan fingerprint density at radius 2 is 2.33 bits per heavy atom. The second-order valence-electron chi connectivity index (χ2n) is 2.46. The lowest BCUT2D eigenvalue weighted by molar-refractivity contribution is -0.135. The van der Waals surface area contributed by atoms with Crippen LogP contribution in [0.3, 0.4) is 0 Å². The number of nitrogens with one attached hydrogen (secondary N) is 1. The molecule has 15 heavy (non-hydrogen) atoms. The number of nitrogens with zero attached hydrogens (tertiary/aromatic N) is 1. The summed E-state index contributed by atoms with van der Waals surface area (Å²) in [5.41, 5.74) is 0. The number of hydrogen-bond donors (Lipinski definition) is 3. The summed E-state index contributed by atoms with van der Waals surface area (Å²) >= 11 is 4.00. The van der Waals surface area contributed by atoms with Crippen LogP contribution in [0.25, 0.3) is 0 Å². The Bertz CT molecular complexity index is 383. The molecule has 0 saturated heterocycles. The molecule has 0 atom stereocenters. The number of carbonyl (C=O) groups excluding carboxylic acids is 1. The number of aromatic nitrogens is 1. The monoisotopic (exact) mass is 228 g/mol. The van der Waals surface area contributed by atoms with E-state index in [1.165, 1.54) is 6.20 Å². The van der Waals surface area contributed by atoms with Crippen LogP contribution in [-0.4, -0.2) is 28.7 Å². The molecule has 1 amide bonds. The minimum atomic E-state index is -1.15. The summed E-state index contributed by atoms with van der Waals surface area (Å²) in [6, 6.07) is 3.22. The van der Waals surface area contributed by atoms with Crippen LogP contribution in [0.4, 0.5) is 4.79 Å². The Labute approximate surface area is 90.7 Å². The average Bonchev–Trinajstić information content (AvgIpc) is 2.18. The highest BCUT2D eigenvalue weighted by Gasteiger charge is 2.08. The summed E-state index contributed by atoms with van der Waals surface area (Å²) in [5.74, 6) is -1.12. The van der Waals surface area contributed by atoms with Crippen LogP contribution in [0.15, 0.2) is 23.2 Å². The molecule has 6 nitrogen and oxygen atoms in total. The molecule has 0 fully saturated rings. The fraction of sp³-hybridized carbons (Fsp3) is 0.125. The molecular formula is C8H8N2O4S. The molecule has 0 aliphatic rings. The summed E-state index contributed by atoms with van der Waals surface area (Å²) in [5, 5.41) is 10.3. The van der Waals surface area contributed by atoms with Crippen molar-refractivity contribution in [2.24, 2.45) is 0 Å². The Morgan fingerprint density at radius 3 is 2.93 bits per heavy atom. The molecule has 1 aromatic heterocycles. The van der Waals surface area contributed by atoms with Gasteiger partial charge in [0.25, 0.3) is 0 Å². The summed E-state index contributed by atoms with van der Waals surface area (Å²) in [6.07, 6.45) is 0.547. The number of pyridine rings is 1. The number of carbonyl (C=O) groups is 2. The molecule has 1 rings (SSSR count). The Morgan fingerprint density at radius 1 is 1.60 bits per heavy atom. The van der Waals surface area contributed by atoms with Crippen molar-refractivity contribution in [2.75, 3.05) is 6.54 Å². The van der Waals surface area contributed by atoms with E-state index in [-0.39, 0.29) is 5.88 Å². The van der Waals surface area contributed by atoms with Gasteiger partial charge in [0.1, 0.15) is 6.54 Å². The number of aliphatic carboxylic acids is 1. The van der Waals surface area contributed by atoms with Crippen LogP contribution in [0.2, 0.25) is 0 Å². The zero-order chi connectivity index (χ0) is 11.3. The largest absolute Gasteiger partial charge is 0.480 e. The number of carboxylic acids is 1. The van der Waals surface area contributed by atoms with Gasteiger partial charge in [0.15, 0.2) is 0 Å². The van der Waals surface area contributed by atoms with Gasteiger partial charge in [-0.2, -0.15) is 0 Å². The third-order valence-electron chi connectivity index (χ3n) is 1.32. The first-order valence-corrected chi connectivity index (χ1v) is 4.36. The van der Waals surface area contributed by atoms with Gasteiger partial charge in [-0.3, -0.25) is 4.79 Å². The van der Waals surface area contributed by atoms with Crippen molar-refractivity contribution in [3.05, 3.63) is 18.3 Å². The average molecular weight is 228 g/mol. The lowest BCUT2D eigenvalue weighted by Gasteiger charge is -2.04. The maximum atomic E-state index is 11.0. The molecule has 1 heterocycles. The maximum absolute atomic E-state index is 11.0. The maximum Gasteiger partial charge on any atom is 0.414 e. The molecule has 0 aromatic carbocycles. The second kappa shape index (κ2) is 5.20. The molecule has 80 valence electrons. The van der Waals surface area contributed by atoms with E-state index in [1.807, 2.05) is 5.32 Å². The van der Waals surface area contributed by atoms with E-state index >= 15 is 0 Å². The van der Waals surface area contributed by atoms with Crippen molar-refractivity contribution < 1.29 is 19.4 Å². The van der Waals surface area contributed by atoms with E-state index in [0.29, 0.717) is 4.90 Å². The zero-order valence-corrected chi connectivity index (χ0v) is 8.40. The van der Waals surface area contributed by atoms with E-state index < -0.39 is 18.6 Å². The smallest absolute Gasteiger partial charge is 0.414 e. The lowest BCUT2D eigenvalue weighted by Crippen LogP contribution is -2.32. The summed E-state index contributed by atoms with van der Waals surface area (Å²) in [6.45, 7) is -0.506. The van der Waals surface area contributed by atoms with Crippen molar-refractivity contribution in [3.63, 3.8) is 0 Å². The van der Waals surface area contributed by atoms with Crippen molar-refractivity contribution in [2.45, 2.75) is 4.90 Å². The van der Waals surface area contributed by atoms with Gasteiger partial charge in [0.2, 0.25) is 5.88 Å². The first kappa shape index (κ1) is 11.3. The second-order valence-corrected chi connectivity index (χ2v) is 2.95. The molecule has 0 aliphatic carbocycles. The third kappa shape index (κ3) is 3.86. The number of carboxylic acid groups (broad SMARTS) is 1. The van der Waals surface area contributed by atoms with Gasteiger partial charge in [-0.15, -0.1) is 12.6 Å². The molecule has 0 bridgehead atoms. The summed E-state index contributed by atoms with van der Waals surface area (Å²) in [7, 11) is 0. The summed E-state index contributed by atoms with van der Waals surface area (Å²) < 4.78 is 4.69. The van der Waals surface area contributed by atoms with Crippen LogP contribution >= 0.6 is 12.6 Å². The van der Waals surface area contributed by atoms with Crippen LogP contribution < -0.4 is 10.1 Å². The minimum absolute atomic E-state index is 0.0312. The molecular weight excluding hydrogens is 220 g/mol. The van der Waals surface area contributed by atoms with E-state index in [9.17, 15) is 9.59 Å². The van der Waals surface area contributed by atoms with Gasteiger partial charge in [-0.05, 0) is 12.1 Å². The van der Waals surface area contributed by atoms with E-state index in [0.717, 1.165) is 0 Å². The fourth-order valence-electron chi connectivity index (χ4n) is 0.733.